The Balaban J connectivity index is 1.98. The molecule has 0 aliphatic carbocycles. The number of nitrogen functional groups attached to an aromatic ring is 1. The fraction of sp³-hybridized carbons (Fsp3) is 0.444. The summed E-state index contributed by atoms with van der Waals surface area (Å²) in [5, 5.41) is 0. The number of fused-ring (bicyclic) bond motifs is 1. The van der Waals surface area contributed by atoms with Gasteiger partial charge in [-0.25, -0.2) is 19.5 Å². The summed E-state index contributed by atoms with van der Waals surface area (Å²) >= 11 is 5.02. The fourth-order valence-corrected chi connectivity index (χ4v) is 1.88. The Morgan fingerprint density at radius 2 is 2.30 bits per heavy atom. The van der Waals surface area contributed by atoms with E-state index in [1.165, 1.54) is 6.33 Å². The van der Waals surface area contributed by atoms with Crippen LogP contribution in [0.25, 0.3) is 11.2 Å². The van der Waals surface area contributed by atoms with E-state index in [2.05, 4.69) is 19.5 Å². The lowest BCUT2D eigenvalue weighted by atomic mass is 10.4. The van der Waals surface area contributed by atoms with Crippen LogP contribution >= 0.6 is 18.2 Å². The predicted octanol–water partition coefficient (Wildman–Crippen LogP) is 1.13. The molecule has 2 aromatic heterocycles. The molecule has 0 saturated heterocycles. The molecule has 11 heteroatoms. The summed E-state index contributed by atoms with van der Waals surface area (Å²) in [4.78, 5) is 20.8. The Hall–Kier alpha value is -1.25. The molecule has 0 saturated carbocycles. The van der Waals surface area contributed by atoms with E-state index in [1.807, 2.05) is 0 Å². The van der Waals surface area contributed by atoms with Crippen molar-refractivity contribution in [3.05, 3.63) is 12.7 Å². The molecule has 110 valence electrons. The van der Waals surface area contributed by atoms with Gasteiger partial charge in [0.05, 0.1) is 19.0 Å². The summed E-state index contributed by atoms with van der Waals surface area (Å²) in [6, 6.07) is 0. The Morgan fingerprint density at radius 3 is 3.00 bits per heavy atom. The van der Waals surface area contributed by atoms with E-state index in [9.17, 15) is 4.57 Å². The van der Waals surface area contributed by atoms with Gasteiger partial charge in [0.15, 0.2) is 18.3 Å². The van der Waals surface area contributed by atoms with Crippen LogP contribution in [0.4, 0.5) is 5.82 Å². The zero-order chi connectivity index (χ0) is 14.8. The van der Waals surface area contributed by atoms with E-state index in [1.54, 1.807) is 17.8 Å². The number of ether oxygens (including phenoxy) is 1. The molecule has 2 atom stereocenters. The highest BCUT2D eigenvalue weighted by Gasteiger charge is 2.15. The van der Waals surface area contributed by atoms with E-state index in [-0.39, 0.29) is 12.9 Å². The number of hydrogen-bond acceptors (Lipinski definition) is 7. The lowest BCUT2D eigenvalue weighted by Gasteiger charge is -2.14. The molecule has 2 heterocycles. The smallest absolute Gasteiger partial charge is 0.382 e. The molecule has 3 N–H and O–H groups in total. The van der Waals surface area contributed by atoms with Gasteiger partial charge in [-0.05, 0) is 6.92 Å². The number of nitrogens with two attached hydrogens (primary N) is 1. The summed E-state index contributed by atoms with van der Waals surface area (Å²) in [6.45, 7) is -2.26. The van der Waals surface area contributed by atoms with E-state index < -0.39 is 6.95 Å². The number of aromatic nitrogens is 4. The first kappa shape index (κ1) is 15.1. The SMILES string of the molecule is C[C@H](Cn1cnc2c(N)ncnc21)OCOP(=O)(O)Cl. The maximum absolute atomic E-state index is 10.7. The maximum Gasteiger partial charge on any atom is 0.423 e. The minimum Gasteiger partial charge on any atom is -0.382 e. The summed E-state index contributed by atoms with van der Waals surface area (Å²) in [6.07, 6.45) is 2.60. The zero-order valence-corrected chi connectivity index (χ0v) is 12.2. The summed E-state index contributed by atoms with van der Waals surface area (Å²) < 4.78 is 22.0. The van der Waals surface area contributed by atoms with Crippen LogP contribution in [0.15, 0.2) is 12.7 Å². The Labute approximate surface area is 119 Å². The number of hydrogen-bond donors (Lipinski definition) is 2. The molecule has 0 spiro atoms. The minimum atomic E-state index is -4.05. The van der Waals surface area contributed by atoms with Gasteiger partial charge >= 0.3 is 6.95 Å². The Kier molecular flexibility index (Phi) is 4.56. The molecule has 1 unspecified atom stereocenters. The highest BCUT2D eigenvalue weighted by atomic mass is 35.7. The van der Waals surface area contributed by atoms with Crippen LogP contribution in [0.1, 0.15) is 6.92 Å². The highest BCUT2D eigenvalue weighted by Crippen LogP contribution is 2.47. The first-order chi connectivity index (χ1) is 9.37. The molecular formula is C9H13ClN5O4P. The summed E-state index contributed by atoms with van der Waals surface area (Å²) in [5.74, 6) is 0.300. The van der Waals surface area contributed by atoms with Crippen LogP contribution in [-0.2, 0) is 20.4 Å². The third-order valence-corrected chi connectivity index (χ3v) is 3.16. The fourth-order valence-electron chi connectivity index (χ4n) is 1.57. The van der Waals surface area contributed by atoms with Crippen molar-refractivity contribution in [1.82, 2.24) is 19.5 Å². The molecular weight excluding hydrogens is 309 g/mol. The van der Waals surface area contributed by atoms with Crippen molar-refractivity contribution in [3.63, 3.8) is 0 Å². The maximum atomic E-state index is 10.7. The monoisotopic (exact) mass is 321 g/mol. The van der Waals surface area contributed by atoms with Crippen LogP contribution in [0, 0.1) is 0 Å². The number of anilines is 1. The van der Waals surface area contributed by atoms with Gasteiger partial charge in [0, 0.05) is 11.2 Å². The Morgan fingerprint density at radius 1 is 1.55 bits per heavy atom. The quantitative estimate of drug-likeness (QED) is 0.599. The number of nitrogens with zero attached hydrogens (tertiary/aromatic N) is 4. The third kappa shape index (κ3) is 3.87. The average molecular weight is 322 g/mol. The number of halogens is 1. The lowest BCUT2D eigenvalue weighted by molar-refractivity contribution is -0.0358. The average Bonchev–Trinajstić information content (AvgIpc) is 2.72. The van der Waals surface area contributed by atoms with Gasteiger partial charge in [0.2, 0.25) is 0 Å². The van der Waals surface area contributed by atoms with Gasteiger partial charge in [0.25, 0.3) is 0 Å². The predicted molar refractivity (Wildman–Crippen MR) is 71.9 cm³/mol. The van der Waals surface area contributed by atoms with Gasteiger partial charge in [0.1, 0.15) is 11.8 Å². The van der Waals surface area contributed by atoms with Crippen LogP contribution in [-0.4, -0.2) is 37.3 Å². The summed E-state index contributed by atoms with van der Waals surface area (Å²) in [7, 11) is 0. The second-order valence-corrected chi connectivity index (χ2v) is 6.45. The van der Waals surface area contributed by atoms with Crippen molar-refractivity contribution in [2.24, 2.45) is 0 Å². The van der Waals surface area contributed by atoms with Crippen molar-refractivity contribution in [1.29, 1.82) is 0 Å². The first-order valence-corrected chi connectivity index (χ1v) is 8.05. The largest absolute Gasteiger partial charge is 0.423 e. The van der Waals surface area contributed by atoms with Crippen molar-refractivity contribution >= 4 is 35.2 Å². The van der Waals surface area contributed by atoms with E-state index in [0.29, 0.717) is 23.5 Å². The van der Waals surface area contributed by atoms with Gasteiger partial charge < -0.3 is 19.9 Å². The standard InChI is InChI=1S/C9H13ClN5O4P/c1-6(18-5-19-20(10,16)17)2-15-4-14-7-8(11)12-3-13-9(7)15/h3-4,6H,2,5H2,1H3,(H,16,17)(H2,11,12,13)/t6-/m1/s1. The van der Waals surface area contributed by atoms with Gasteiger partial charge in [-0.3, -0.25) is 4.52 Å². The van der Waals surface area contributed by atoms with Crippen LogP contribution < -0.4 is 5.73 Å². The van der Waals surface area contributed by atoms with Crippen LogP contribution in [0.2, 0.25) is 0 Å². The van der Waals surface area contributed by atoms with Gasteiger partial charge in [-0.2, -0.15) is 0 Å². The molecule has 0 aliphatic heterocycles. The first-order valence-electron chi connectivity index (χ1n) is 5.56. The molecule has 0 aromatic carbocycles. The number of imidazole rings is 1. The van der Waals surface area contributed by atoms with Crippen LogP contribution in [0.5, 0.6) is 0 Å². The molecule has 9 nitrogen and oxygen atoms in total. The molecule has 0 radical (unpaired) electrons. The van der Waals surface area contributed by atoms with Crippen molar-refractivity contribution in [2.45, 2.75) is 19.6 Å². The molecule has 0 bridgehead atoms. The summed E-state index contributed by atoms with van der Waals surface area (Å²) in [5.41, 5.74) is 6.77. The molecule has 2 aromatic rings. The topological polar surface area (TPSA) is 125 Å². The highest BCUT2D eigenvalue weighted by molar-refractivity contribution is 7.80. The van der Waals surface area contributed by atoms with E-state index in [0.717, 1.165) is 0 Å². The zero-order valence-electron chi connectivity index (χ0n) is 10.5. The molecule has 20 heavy (non-hydrogen) atoms. The van der Waals surface area contributed by atoms with Crippen LogP contribution in [0.3, 0.4) is 0 Å². The van der Waals surface area contributed by atoms with Crippen molar-refractivity contribution in [3.8, 4) is 0 Å². The van der Waals surface area contributed by atoms with E-state index >= 15 is 0 Å². The van der Waals surface area contributed by atoms with Crippen molar-refractivity contribution in [2.75, 3.05) is 12.5 Å². The van der Waals surface area contributed by atoms with Gasteiger partial charge in [-0.1, -0.05) is 0 Å². The van der Waals surface area contributed by atoms with Gasteiger partial charge in [-0.15, -0.1) is 0 Å². The number of rotatable bonds is 6. The third-order valence-electron chi connectivity index (χ3n) is 2.45. The molecule has 2 rings (SSSR count). The van der Waals surface area contributed by atoms with Crippen molar-refractivity contribution < 1.29 is 18.7 Å². The molecule has 0 fully saturated rings. The minimum absolute atomic E-state index is 0.300. The molecule has 0 amide bonds. The normalized spacial score (nSPS) is 16.1. The van der Waals surface area contributed by atoms with E-state index in [4.69, 9.17) is 26.6 Å². The molecule has 0 aliphatic rings. The second-order valence-electron chi connectivity index (χ2n) is 4.00. The Bertz CT molecular complexity index is 644. The lowest BCUT2D eigenvalue weighted by Crippen LogP contribution is -2.17. The second kappa shape index (κ2) is 6.02.